The third-order valence-electron chi connectivity index (χ3n) is 3.16. The molecule has 0 saturated carbocycles. The molecular weight excluding hydrogens is 404 g/mol. The number of hydrogen-bond acceptors (Lipinski definition) is 4. The number of aryl methyl sites for hydroxylation is 1. The summed E-state index contributed by atoms with van der Waals surface area (Å²) in [6.45, 7) is -3.06. The lowest BCUT2D eigenvalue weighted by Crippen LogP contribution is -2.06. The average molecular weight is 417 g/mol. The van der Waals surface area contributed by atoms with Gasteiger partial charge in [-0.15, -0.1) is 23.5 Å². The third kappa shape index (κ3) is 3.92. The van der Waals surface area contributed by atoms with Crippen LogP contribution in [0.25, 0.3) is 11.3 Å². The van der Waals surface area contributed by atoms with Crippen LogP contribution in [0.15, 0.2) is 12.1 Å². The molecule has 0 N–H and O–H groups in total. The molecule has 3 nitrogen and oxygen atoms in total. The largest absolute Gasteiger partial charge is 0.416 e. The van der Waals surface area contributed by atoms with Gasteiger partial charge in [0.1, 0.15) is 16.5 Å². The molecule has 0 saturated heterocycles. The van der Waals surface area contributed by atoms with Crippen LogP contribution in [0.3, 0.4) is 0 Å². The SMILES string of the molecule is CSC(SC)c1cc(-c2nn(C)c(OC(F)F)c2Cl)c(F)cc1Cl. The topological polar surface area (TPSA) is 27.1 Å². The van der Waals surface area contributed by atoms with Gasteiger partial charge in [-0.25, -0.2) is 9.07 Å². The first-order chi connectivity index (χ1) is 11.3. The molecule has 1 aromatic carbocycles. The van der Waals surface area contributed by atoms with Gasteiger partial charge in [0, 0.05) is 17.6 Å². The van der Waals surface area contributed by atoms with E-state index in [2.05, 4.69) is 9.84 Å². The van der Waals surface area contributed by atoms with Gasteiger partial charge in [0.15, 0.2) is 0 Å². The second-order valence-electron chi connectivity index (χ2n) is 4.63. The zero-order chi connectivity index (χ0) is 18.0. The van der Waals surface area contributed by atoms with Gasteiger partial charge in [-0.3, -0.25) is 0 Å². The fourth-order valence-corrected chi connectivity index (χ4v) is 4.51. The van der Waals surface area contributed by atoms with Gasteiger partial charge >= 0.3 is 6.61 Å². The van der Waals surface area contributed by atoms with Crippen LogP contribution in [0.5, 0.6) is 5.88 Å². The Kier molecular flexibility index (Phi) is 6.64. The number of aromatic nitrogens is 2. The van der Waals surface area contributed by atoms with Gasteiger partial charge in [-0.1, -0.05) is 23.2 Å². The zero-order valence-corrected chi connectivity index (χ0v) is 16.0. The number of alkyl halides is 2. The van der Waals surface area contributed by atoms with E-state index in [1.165, 1.54) is 19.2 Å². The number of hydrogen-bond donors (Lipinski definition) is 0. The van der Waals surface area contributed by atoms with E-state index in [1.54, 1.807) is 23.5 Å². The summed E-state index contributed by atoms with van der Waals surface area (Å²) in [6, 6.07) is 2.71. The zero-order valence-electron chi connectivity index (χ0n) is 12.8. The van der Waals surface area contributed by atoms with E-state index < -0.39 is 12.4 Å². The molecule has 1 aromatic heterocycles. The Morgan fingerprint density at radius 1 is 1.21 bits per heavy atom. The van der Waals surface area contributed by atoms with Gasteiger partial charge in [-0.05, 0) is 30.2 Å². The minimum Gasteiger partial charge on any atom is -0.416 e. The van der Waals surface area contributed by atoms with Crippen molar-refractivity contribution in [3.05, 3.63) is 33.6 Å². The van der Waals surface area contributed by atoms with E-state index in [0.717, 1.165) is 4.68 Å². The first-order valence-corrected chi connectivity index (χ1v) is 9.85. The third-order valence-corrected chi connectivity index (χ3v) is 6.35. The van der Waals surface area contributed by atoms with E-state index >= 15 is 0 Å². The summed E-state index contributed by atoms with van der Waals surface area (Å²) >= 11 is 15.3. The molecule has 0 bridgehead atoms. The Hall–Kier alpha value is -0.700. The van der Waals surface area contributed by atoms with Crippen molar-refractivity contribution in [2.45, 2.75) is 11.2 Å². The Labute approximate surface area is 155 Å². The predicted molar refractivity (Wildman–Crippen MR) is 95.0 cm³/mol. The quantitative estimate of drug-likeness (QED) is 0.551. The van der Waals surface area contributed by atoms with Crippen LogP contribution in [0.4, 0.5) is 13.2 Å². The summed E-state index contributed by atoms with van der Waals surface area (Å²) < 4.78 is 44.7. The van der Waals surface area contributed by atoms with Crippen LogP contribution in [-0.4, -0.2) is 28.9 Å². The molecule has 0 unspecified atom stereocenters. The molecule has 0 aliphatic rings. The van der Waals surface area contributed by atoms with Crippen LogP contribution >= 0.6 is 46.7 Å². The molecule has 0 amide bonds. The second-order valence-corrected chi connectivity index (χ2v) is 7.60. The summed E-state index contributed by atoms with van der Waals surface area (Å²) in [5.41, 5.74) is 0.796. The standard InChI is InChI=1S/C14H13Cl2F3N2OS2/c1-21-12(22-14(18)19)10(16)11(20-21)7-4-6(13(23-2)24-3)8(15)5-9(7)17/h4-5,13-14H,1-3H3. The first kappa shape index (κ1) is 19.6. The van der Waals surface area contributed by atoms with Crippen LogP contribution in [-0.2, 0) is 7.05 Å². The van der Waals surface area contributed by atoms with Crippen LogP contribution in [0.2, 0.25) is 10.0 Å². The molecule has 2 rings (SSSR count). The van der Waals surface area contributed by atoms with Crippen molar-refractivity contribution < 1.29 is 17.9 Å². The highest BCUT2D eigenvalue weighted by Gasteiger charge is 2.24. The maximum atomic E-state index is 14.4. The number of nitrogens with zero attached hydrogens (tertiary/aromatic N) is 2. The van der Waals surface area contributed by atoms with Gasteiger partial charge in [-0.2, -0.15) is 13.9 Å². The van der Waals surface area contributed by atoms with Gasteiger partial charge in [0.2, 0.25) is 5.88 Å². The van der Waals surface area contributed by atoms with Crippen molar-refractivity contribution >= 4 is 46.7 Å². The molecule has 0 aliphatic heterocycles. The molecule has 2 aromatic rings. The molecule has 0 aliphatic carbocycles. The summed E-state index contributed by atoms with van der Waals surface area (Å²) in [7, 11) is 1.38. The first-order valence-electron chi connectivity index (χ1n) is 6.52. The van der Waals surface area contributed by atoms with E-state index in [-0.39, 0.29) is 31.8 Å². The minimum atomic E-state index is -3.06. The number of benzene rings is 1. The summed E-state index contributed by atoms with van der Waals surface area (Å²) in [4.78, 5) is 0. The maximum absolute atomic E-state index is 14.4. The van der Waals surface area contributed by atoms with E-state index in [0.29, 0.717) is 5.56 Å². The highest BCUT2D eigenvalue weighted by Crippen LogP contribution is 2.44. The Morgan fingerprint density at radius 2 is 1.83 bits per heavy atom. The van der Waals surface area contributed by atoms with Gasteiger partial charge < -0.3 is 4.74 Å². The molecule has 0 spiro atoms. The lowest BCUT2D eigenvalue weighted by atomic mass is 10.1. The van der Waals surface area contributed by atoms with Crippen molar-refractivity contribution in [3.63, 3.8) is 0 Å². The van der Waals surface area contributed by atoms with Crippen molar-refractivity contribution in [2.75, 3.05) is 12.5 Å². The van der Waals surface area contributed by atoms with Gasteiger partial charge in [0.05, 0.1) is 4.58 Å². The van der Waals surface area contributed by atoms with Crippen LogP contribution < -0.4 is 4.74 Å². The van der Waals surface area contributed by atoms with E-state index in [1.807, 2.05) is 12.5 Å². The van der Waals surface area contributed by atoms with Crippen LogP contribution in [0.1, 0.15) is 10.1 Å². The Morgan fingerprint density at radius 3 is 2.38 bits per heavy atom. The predicted octanol–water partition coefficient (Wildman–Crippen LogP) is 5.86. The van der Waals surface area contributed by atoms with Crippen LogP contribution in [0, 0.1) is 5.82 Å². The number of ether oxygens (including phenoxy) is 1. The van der Waals surface area contributed by atoms with Crippen molar-refractivity contribution in [1.82, 2.24) is 9.78 Å². The molecule has 0 fully saturated rings. The number of halogens is 5. The number of thioether (sulfide) groups is 2. The maximum Gasteiger partial charge on any atom is 0.388 e. The van der Waals surface area contributed by atoms with Gasteiger partial charge in [0.25, 0.3) is 0 Å². The molecule has 0 radical (unpaired) electrons. The fourth-order valence-electron chi connectivity index (χ4n) is 2.15. The second kappa shape index (κ2) is 8.12. The smallest absolute Gasteiger partial charge is 0.388 e. The molecule has 24 heavy (non-hydrogen) atoms. The van der Waals surface area contributed by atoms with E-state index in [4.69, 9.17) is 23.2 Å². The van der Waals surface area contributed by atoms with Crippen molar-refractivity contribution in [2.24, 2.45) is 7.05 Å². The molecule has 1 heterocycles. The fraction of sp³-hybridized carbons (Fsp3) is 0.357. The minimum absolute atomic E-state index is 0.0175. The molecule has 0 atom stereocenters. The monoisotopic (exact) mass is 416 g/mol. The van der Waals surface area contributed by atoms with E-state index in [9.17, 15) is 13.2 Å². The molecule has 10 heteroatoms. The Bertz CT molecular complexity index is 739. The summed E-state index contributed by atoms with van der Waals surface area (Å²) in [6.07, 6.45) is 3.81. The molecule has 132 valence electrons. The number of rotatable bonds is 6. The summed E-state index contributed by atoms with van der Waals surface area (Å²) in [5.74, 6) is -0.975. The lowest BCUT2D eigenvalue weighted by Gasteiger charge is -2.15. The molecular formula is C14H13Cl2F3N2OS2. The van der Waals surface area contributed by atoms with Crippen molar-refractivity contribution in [1.29, 1.82) is 0 Å². The summed E-state index contributed by atoms with van der Waals surface area (Å²) in [5, 5.41) is 4.10. The average Bonchev–Trinajstić information content (AvgIpc) is 2.78. The normalized spacial score (nSPS) is 11.6. The van der Waals surface area contributed by atoms with Crippen molar-refractivity contribution in [3.8, 4) is 17.1 Å². The highest BCUT2D eigenvalue weighted by molar-refractivity contribution is 8.15. The highest BCUT2D eigenvalue weighted by atomic mass is 35.5. The lowest BCUT2D eigenvalue weighted by molar-refractivity contribution is -0.0552. The Balaban J connectivity index is 2.59.